The molecule has 0 aliphatic heterocycles. The summed E-state index contributed by atoms with van der Waals surface area (Å²) in [5, 5.41) is 4.36. The number of aromatic nitrogens is 2. The maximum atomic E-state index is 5.63. The number of ether oxygens (including phenoxy) is 3. The molecule has 114 valence electrons. The lowest BCUT2D eigenvalue weighted by Gasteiger charge is -2.11. The molecule has 0 bridgehead atoms. The van der Waals surface area contributed by atoms with Crippen molar-refractivity contribution >= 4 is 0 Å². The van der Waals surface area contributed by atoms with Crippen LogP contribution < -0.4 is 9.47 Å². The van der Waals surface area contributed by atoms with Gasteiger partial charge in [-0.05, 0) is 31.5 Å². The van der Waals surface area contributed by atoms with Gasteiger partial charge in [0, 0.05) is 24.9 Å². The maximum absolute atomic E-state index is 5.63. The van der Waals surface area contributed by atoms with Gasteiger partial charge in [0.1, 0.15) is 6.61 Å². The fourth-order valence-electron chi connectivity index (χ4n) is 1.97. The maximum Gasteiger partial charge on any atom is 0.161 e. The van der Waals surface area contributed by atoms with Gasteiger partial charge in [-0.3, -0.25) is 4.68 Å². The molecule has 1 heterocycles. The van der Waals surface area contributed by atoms with E-state index in [0.29, 0.717) is 25.0 Å². The predicted molar refractivity (Wildman–Crippen MR) is 82.0 cm³/mol. The van der Waals surface area contributed by atoms with Crippen LogP contribution in [0.5, 0.6) is 11.5 Å². The van der Waals surface area contributed by atoms with Gasteiger partial charge >= 0.3 is 0 Å². The summed E-state index contributed by atoms with van der Waals surface area (Å²) in [4.78, 5) is 0. The van der Waals surface area contributed by atoms with Crippen molar-refractivity contribution in [3.8, 4) is 22.6 Å². The van der Waals surface area contributed by atoms with Crippen LogP contribution in [-0.4, -0.2) is 37.2 Å². The Labute approximate surface area is 125 Å². The van der Waals surface area contributed by atoms with Gasteiger partial charge in [-0.15, -0.1) is 0 Å². The largest absolute Gasteiger partial charge is 0.493 e. The molecule has 0 amide bonds. The van der Waals surface area contributed by atoms with E-state index in [-0.39, 0.29) is 0 Å². The Morgan fingerprint density at radius 2 is 1.90 bits per heavy atom. The van der Waals surface area contributed by atoms with Crippen molar-refractivity contribution in [2.75, 3.05) is 27.4 Å². The molecule has 5 nitrogen and oxygen atoms in total. The highest BCUT2D eigenvalue weighted by molar-refractivity contribution is 5.66. The van der Waals surface area contributed by atoms with Gasteiger partial charge in [0.15, 0.2) is 11.5 Å². The van der Waals surface area contributed by atoms with Crippen LogP contribution in [0.15, 0.2) is 30.6 Å². The van der Waals surface area contributed by atoms with Crippen molar-refractivity contribution in [1.29, 1.82) is 0 Å². The molecule has 0 saturated heterocycles. The molecule has 0 aliphatic carbocycles. The van der Waals surface area contributed by atoms with Crippen LogP contribution in [0.2, 0.25) is 0 Å². The molecular formula is C16H22N2O3. The molecule has 0 saturated carbocycles. The summed E-state index contributed by atoms with van der Waals surface area (Å²) in [7, 11) is 3.29. The van der Waals surface area contributed by atoms with Crippen LogP contribution in [0.25, 0.3) is 11.1 Å². The molecule has 0 spiro atoms. The average Bonchev–Trinajstić information content (AvgIpc) is 2.98. The summed E-state index contributed by atoms with van der Waals surface area (Å²) in [6.07, 6.45) is 3.89. The highest BCUT2D eigenvalue weighted by Crippen LogP contribution is 2.32. The fraction of sp³-hybridized carbons (Fsp3) is 0.438. The van der Waals surface area contributed by atoms with E-state index in [0.717, 1.165) is 16.9 Å². The second-order valence-corrected chi connectivity index (χ2v) is 5.01. The van der Waals surface area contributed by atoms with Crippen molar-refractivity contribution in [1.82, 2.24) is 9.78 Å². The van der Waals surface area contributed by atoms with E-state index in [9.17, 15) is 0 Å². The molecule has 1 aromatic heterocycles. The quantitative estimate of drug-likeness (QED) is 0.735. The molecule has 2 rings (SSSR count). The Balaban J connectivity index is 2.21. The van der Waals surface area contributed by atoms with Crippen molar-refractivity contribution in [2.45, 2.75) is 19.9 Å². The van der Waals surface area contributed by atoms with Crippen LogP contribution in [-0.2, 0) is 4.74 Å². The van der Waals surface area contributed by atoms with Gasteiger partial charge in [-0.2, -0.15) is 5.10 Å². The Kier molecular flexibility index (Phi) is 5.22. The number of hydrogen-bond acceptors (Lipinski definition) is 4. The van der Waals surface area contributed by atoms with Gasteiger partial charge in [-0.1, -0.05) is 6.07 Å². The number of benzene rings is 1. The lowest BCUT2D eigenvalue weighted by molar-refractivity contribution is 0.144. The number of nitrogens with zero attached hydrogens (tertiary/aromatic N) is 2. The van der Waals surface area contributed by atoms with Crippen molar-refractivity contribution in [3.05, 3.63) is 30.6 Å². The second-order valence-electron chi connectivity index (χ2n) is 5.01. The van der Waals surface area contributed by atoms with Gasteiger partial charge < -0.3 is 14.2 Å². The minimum absolute atomic E-state index is 0.345. The molecule has 2 aromatic rings. The highest BCUT2D eigenvalue weighted by Gasteiger charge is 2.09. The van der Waals surface area contributed by atoms with Crippen LogP contribution in [0.3, 0.4) is 0 Å². The standard InChI is InChI=1S/C16H22N2O3/c1-12(2)18-11-14(10-17-18)13-5-6-15(16(9-13)20-4)21-8-7-19-3/h5-6,9-12H,7-8H2,1-4H3. The molecule has 5 heteroatoms. The Bertz CT molecular complexity index is 579. The summed E-state index contributed by atoms with van der Waals surface area (Å²) in [6.45, 7) is 5.25. The molecule has 0 unspecified atom stereocenters. The zero-order chi connectivity index (χ0) is 15.2. The number of hydrogen-bond donors (Lipinski definition) is 0. The Morgan fingerprint density at radius 1 is 1.10 bits per heavy atom. The average molecular weight is 290 g/mol. The molecule has 1 aromatic carbocycles. The van der Waals surface area contributed by atoms with Crippen molar-refractivity contribution in [3.63, 3.8) is 0 Å². The summed E-state index contributed by atoms with van der Waals surface area (Å²) in [5.41, 5.74) is 2.11. The second kappa shape index (κ2) is 7.13. The molecule has 0 N–H and O–H groups in total. The Morgan fingerprint density at radius 3 is 2.52 bits per heavy atom. The third-order valence-electron chi connectivity index (χ3n) is 3.17. The predicted octanol–water partition coefficient (Wildman–Crippen LogP) is 3.16. The molecular weight excluding hydrogens is 268 g/mol. The molecule has 0 atom stereocenters. The minimum atomic E-state index is 0.345. The Hall–Kier alpha value is -2.01. The minimum Gasteiger partial charge on any atom is -0.493 e. The topological polar surface area (TPSA) is 45.5 Å². The molecule has 21 heavy (non-hydrogen) atoms. The molecule has 0 aliphatic rings. The summed E-state index contributed by atoms with van der Waals surface area (Å²) >= 11 is 0. The monoisotopic (exact) mass is 290 g/mol. The zero-order valence-corrected chi connectivity index (χ0v) is 13.0. The lowest BCUT2D eigenvalue weighted by atomic mass is 10.1. The van der Waals surface area contributed by atoms with E-state index in [2.05, 4.69) is 18.9 Å². The third-order valence-corrected chi connectivity index (χ3v) is 3.17. The van der Waals surface area contributed by atoms with Crippen LogP contribution >= 0.6 is 0 Å². The van der Waals surface area contributed by atoms with Gasteiger partial charge in [0.2, 0.25) is 0 Å². The smallest absolute Gasteiger partial charge is 0.161 e. The van der Waals surface area contributed by atoms with E-state index in [1.165, 1.54) is 0 Å². The zero-order valence-electron chi connectivity index (χ0n) is 13.0. The first-order valence-corrected chi connectivity index (χ1v) is 7.00. The summed E-state index contributed by atoms with van der Waals surface area (Å²) in [6, 6.07) is 6.23. The molecule has 0 radical (unpaired) electrons. The normalized spacial score (nSPS) is 10.9. The van der Waals surface area contributed by atoms with Crippen molar-refractivity contribution in [2.24, 2.45) is 0 Å². The number of methoxy groups -OCH3 is 2. The van der Waals surface area contributed by atoms with Crippen LogP contribution in [0.1, 0.15) is 19.9 Å². The van der Waals surface area contributed by atoms with Crippen molar-refractivity contribution < 1.29 is 14.2 Å². The highest BCUT2D eigenvalue weighted by atomic mass is 16.5. The van der Waals surface area contributed by atoms with Gasteiger partial charge in [-0.25, -0.2) is 0 Å². The first-order valence-electron chi connectivity index (χ1n) is 7.00. The van der Waals surface area contributed by atoms with E-state index in [1.807, 2.05) is 35.3 Å². The van der Waals surface area contributed by atoms with E-state index >= 15 is 0 Å². The molecule has 0 fully saturated rings. The lowest BCUT2D eigenvalue weighted by Crippen LogP contribution is -2.05. The third kappa shape index (κ3) is 3.76. The van der Waals surface area contributed by atoms with Gasteiger partial charge in [0.25, 0.3) is 0 Å². The van der Waals surface area contributed by atoms with Gasteiger partial charge in [0.05, 0.1) is 19.9 Å². The number of rotatable bonds is 7. The first-order chi connectivity index (χ1) is 10.2. The van der Waals surface area contributed by atoms with Crippen LogP contribution in [0.4, 0.5) is 0 Å². The fourth-order valence-corrected chi connectivity index (χ4v) is 1.97. The van der Waals surface area contributed by atoms with E-state index in [1.54, 1.807) is 14.2 Å². The van der Waals surface area contributed by atoms with E-state index in [4.69, 9.17) is 14.2 Å². The first kappa shape index (κ1) is 15.4. The summed E-state index contributed by atoms with van der Waals surface area (Å²) in [5.74, 6) is 1.43. The SMILES string of the molecule is COCCOc1ccc(-c2cnn(C(C)C)c2)cc1OC. The summed E-state index contributed by atoms with van der Waals surface area (Å²) < 4.78 is 17.9. The van der Waals surface area contributed by atoms with E-state index < -0.39 is 0 Å². The van der Waals surface area contributed by atoms with Crippen LogP contribution in [0, 0.1) is 0 Å².